The first kappa shape index (κ1) is 15.1. The topological polar surface area (TPSA) is 71.8 Å². The van der Waals surface area contributed by atoms with Gasteiger partial charge in [0.05, 0.1) is 12.5 Å². The summed E-state index contributed by atoms with van der Waals surface area (Å²) in [6.07, 6.45) is 1.62. The van der Waals surface area contributed by atoms with Crippen LogP contribution in [0.2, 0.25) is 0 Å². The van der Waals surface area contributed by atoms with Crippen LogP contribution in [0.5, 0.6) is 0 Å². The van der Waals surface area contributed by atoms with Crippen molar-refractivity contribution in [2.24, 2.45) is 11.3 Å². The first-order valence-electron chi connectivity index (χ1n) is 7.68. The molecule has 2 aliphatic rings. The van der Waals surface area contributed by atoms with Crippen molar-refractivity contribution in [3.05, 3.63) is 23.7 Å². The van der Waals surface area contributed by atoms with Crippen LogP contribution in [-0.2, 0) is 9.53 Å². The molecule has 1 spiro atoms. The number of furan rings is 1. The molecule has 0 bridgehead atoms. The van der Waals surface area contributed by atoms with Crippen molar-refractivity contribution in [3.8, 4) is 0 Å². The van der Waals surface area contributed by atoms with Crippen molar-refractivity contribution >= 4 is 11.8 Å². The molecule has 0 saturated carbocycles. The highest BCUT2D eigenvalue weighted by atomic mass is 16.5. The molecule has 0 aromatic carbocycles. The van der Waals surface area contributed by atoms with Gasteiger partial charge >= 0.3 is 0 Å². The third-order valence-corrected chi connectivity index (χ3v) is 5.00. The van der Waals surface area contributed by atoms with Gasteiger partial charge in [0.1, 0.15) is 5.76 Å². The summed E-state index contributed by atoms with van der Waals surface area (Å²) < 4.78 is 10.6. The highest BCUT2D eigenvalue weighted by Crippen LogP contribution is 2.42. The predicted octanol–water partition coefficient (Wildman–Crippen LogP) is 1.20. The van der Waals surface area contributed by atoms with Crippen LogP contribution >= 0.6 is 0 Å². The Morgan fingerprint density at radius 2 is 2.18 bits per heavy atom. The van der Waals surface area contributed by atoms with Crippen LogP contribution in [0.25, 0.3) is 0 Å². The number of rotatable bonds is 3. The summed E-state index contributed by atoms with van der Waals surface area (Å²) in [5.74, 6) is 1.03. The van der Waals surface area contributed by atoms with E-state index in [0.29, 0.717) is 32.0 Å². The van der Waals surface area contributed by atoms with E-state index in [9.17, 15) is 9.59 Å². The molecule has 22 heavy (non-hydrogen) atoms. The molecule has 0 radical (unpaired) electrons. The van der Waals surface area contributed by atoms with Gasteiger partial charge in [0.25, 0.3) is 5.91 Å². The van der Waals surface area contributed by atoms with Gasteiger partial charge in [0.15, 0.2) is 5.76 Å². The molecule has 1 atom stereocenters. The maximum absolute atomic E-state index is 12.4. The molecule has 2 aliphatic heterocycles. The standard InChI is InChI=1S/C16H22N2O4/c1-11-3-4-13(22-11)15(20)18-7-5-16(6-8-18)10-17-14(19)12(16)9-21-2/h3-4,12H,5-10H2,1-2H3,(H,17,19)/t12-/m0/s1. The Labute approximate surface area is 129 Å². The molecule has 3 heterocycles. The number of nitrogens with zero attached hydrogens (tertiary/aromatic N) is 1. The highest BCUT2D eigenvalue weighted by molar-refractivity contribution is 5.91. The molecule has 2 amide bonds. The van der Waals surface area contributed by atoms with E-state index in [4.69, 9.17) is 9.15 Å². The Kier molecular flexibility index (Phi) is 3.95. The van der Waals surface area contributed by atoms with Gasteiger partial charge in [-0.2, -0.15) is 0 Å². The van der Waals surface area contributed by atoms with E-state index in [-0.39, 0.29) is 23.1 Å². The van der Waals surface area contributed by atoms with Crippen molar-refractivity contribution < 1.29 is 18.7 Å². The molecular weight excluding hydrogens is 284 g/mol. The fourth-order valence-electron chi connectivity index (χ4n) is 3.59. The summed E-state index contributed by atoms with van der Waals surface area (Å²) in [4.78, 5) is 26.2. The zero-order chi connectivity index (χ0) is 15.7. The molecule has 0 unspecified atom stereocenters. The number of likely N-dealkylation sites (tertiary alicyclic amines) is 1. The average Bonchev–Trinajstić information content (AvgIpc) is 3.07. The molecule has 2 fully saturated rings. The third-order valence-electron chi connectivity index (χ3n) is 5.00. The monoisotopic (exact) mass is 306 g/mol. The van der Waals surface area contributed by atoms with E-state index in [1.165, 1.54) is 0 Å². The van der Waals surface area contributed by atoms with Crippen molar-refractivity contribution in [2.75, 3.05) is 33.4 Å². The lowest BCUT2D eigenvalue weighted by Gasteiger charge is -2.41. The van der Waals surface area contributed by atoms with Crippen LogP contribution in [0.1, 0.15) is 29.2 Å². The first-order chi connectivity index (χ1) is 10.6. The van der Waals surface area contributed by atoms with Crippen molar-refractivity contribution in [3.63, 3.8) is 0 Å². The summed E-state index contributed by atoms with van der Waals surface area (Å²) >= 11 is 0. The number of methoxy groups -OCH3 is 1. The molecule has 1 aromatic heterocycles. The third kappa shape index (κ3) is 2.52. The van der Waals surface area contributed by atoms with E-state index in [2.05, 4.69) is 5.32 Å². The summed E-state index contributed by atoms with van der Waals surface area (Å²) in [5, 5.41) is 2.95. The second-order valence-electron chi connectivity index (χ2n) is 6.29. The van der Waals surface area contributed by atoms with Gasteiger partial charge in [0.2, 0.25) is 5.91 Å². The Morgan fingerprint density at radius 3 is 2.77 bits per heavy atom. The first-order valence-corrected chi connectivity index (χ1v) is 7.68. The Hall–Kier alpha value is -1.82. The van der Waals surface area contributed by atoms with E-state index in [1.807, 2.05) is 11.8 Å². The van der Waals surface area contributed by atoms with E-state index < -0.39 is 0 Å². The van der Waals surface area contributed by atoms with Gasteiger partial charge in [-0.3, -0.25) is 9.59 Å². The van der Waals surface area contributed by atoms with Crippen molar-refractivity contribution in [1.82, 2.24) is 10.2 Å². The Bertz CT molecular complexity index is 572. The number of nitrogens with one attached hydrogen (secondary N) is 1. The van der Waals surface area contributed by atoms with Crippen LogP contribution in [0.15, 0.2) is 16.5 Å². The van der Waals surface area contributed by atoms with E-state index >= 15 is 0 Å². The minimum absolute atomic E-state index is 0.0662. The molecule has 1 N–H and O–H groups in total. The number of carbonyl (C=O) groups excluding carboxylic acids is 2. The average molecular weight is 306 g/mol. The minimum Gasteiger partial charge on any atom is -0.456 e. The lowest BCUT2D eigenvalue weighted by molar-refractivity contribution is -0.126. The fraction of sp³-hybridized carbons (Fsp3) is 0.625. The SMILES string of the molecule is COC[C@H]1C(=O)NCC12CCN(C(=O)c1ccc(C)o1)CC2. The Morgan fingerprint density at radius 1 is 1.45 bits per heavy atom. The van der Waals surface area contributed by atoms with Crippen LogP contribution in [0, 0.1) is 18.3 Å². The minimum atomic E-state index is -0.111. The number of piperidine rings is 1. The largest absolute Gasteiger partial charge is 0.456 e. The summed E-state index contributed by atoms with van der Waals surface area (Å²) in [6, 6.07) is 3.52. The smallest absolute Gasteiger partial charge is 0.289 e. The van der Waals surface area contributed by atoms with Gasteiger partial charge < -0.3 is 19.4 Å². The van der Waals surface area contributed by atoms with Crippen LogP contribution in [0.3, 0.4) is 0 Å². The number of hydrogen-bond donors (Lipinski definition) is 1. The molecule has 6 heteroatoms. The molecule has 2 saturated heterocycles. The van der Waals surface area contributed by atoms with E-state index in [1.54, 1.807) is 19.2 Å². The summed E-state index contributed by atoms with van der Waals surface area (Å²) in [5.41, 5.74) is -0.0804. The number of hydrogen-bond acceptors (Lipinski definition) is 4. The maximum atomic E-state index is 12.4. The number of aryl methyl sites for hydroxylation is 1. The Balaban J connectivity index is 1.67. The molecule has 120 valence electrons. The van der Waals surface area contributed by atoms with Gasteiger partial charge in [-0.05, 0) is 31.9 Å². The van der Waals surface area contributed by atoms with Gasteiger partial charge in [-0.1, -0.05) is 0 Å². The van der Waals surface area contributed by atoms with Crippen LogP contribution in [0.4, 0.5) is 0 Å². The second-order valence-corrected chi connectivity index (χ2v) is 6.29. The van der Waals surface area contributed by atoms with Crippen molar-refractivity contribution in [2.45, 2.75) is 19.8 Å². The van der Waals surface area contributed by atoms with E-state index in [0.717, 1.165) is 18.6 Å². The second kappa shape index (κ2) is 5.76. The quantitative estimate of drug-likeness (QED) is 0.911. The lowest BCUT2D eigenvalue weighted by Crippen LogP contribution is -2.47. The molecular formula is C16H22N2O4. The van der Waals surface area contributed by atoms with Gasteiger partial charge in [-0.25, -0.2) is 0 Å². The van der Waals surface area contributed by atoms with Crippen LogP contribution < -0.4 is 5.32 Å². The van der Waals surface area contributed by atoms with Crippen LogP contribution in [-0.4, -0.2) is 50.1 Å². The lowest BCUT2D eigenvalue weighted by atomic mass is 9.71. The molecule has 0 aliphatic carbocycles. The van der Waals surface area contributed by atoms with Gasteiger partial charge in [0, 0.05) is 32.2 Å². The molecule has 3 rings (SSSR count). The summed E-state index contributed by atoms with van der Waals surface area (Å²) in [7, 11) is 1.62. The van der Waals surface area contributed by atoms with Crippen molar-refractivity contribution in [1.29, 1.82) is 0 Å². The maximum Gasteiger partial charge on any atom is 0.289 e. The normalized spacial score (nSPS) is 23.8. The molecule has 6 nitrogen and oxygen atoms in total. The zero-order valence-electron chi connectivity index (χ0n) is 13.1. The predicted molar refractivity (Wildman–Crippen MR) is 79.4 cm³/mol. The summed E-state index contributed by atoms with van der Waals surface area (Å²) in [6.45, 7) is 4.24. The highest BCUT2D eigenvalue weighted by Gasteiger charge is 2.50. The zero-order valence-corrected chi connectivity index (χ0v) is 13.1. The number of ether oxygens (including phenoxy) is 1. The molecule has 1 aromatic rings. The number of amides is 2. The number of carbonyl (C=O) groups is 2. The van der Waals surface area contributed by atoms with Gasteiger partial charge in [-0.15, -0.1) is 0 Å². The fourth-order valence-corrected chi connectivity index (χ4v) is 3.59.